The number of para-hydroxylation sites is 1. The minimum absolute atomic E-state index is 0.305. The Kier molecular flexibility index (Phi) is 4.30. The molecule has 0 saturated carbocycles. The van der Waals surface area contributed by atoms with Crippen LogP contribution in [0.4, 0.5) is 0 Å². The highest BCUT2D eigenvalue weighted by Gasteiger charge is 2.36. The monoisotopic (exact) mass is 381 g/mol. The standard InChI is InChI=1S/C21H19NO6/c1-21(2)10-13-6-5-9-16(18(13)28-21)26-11-17(23)27-12-22-19(24)14-7-3-4-8-15(14)20(22)25/h3-9H,10-12H2,1-2H3. The van der Waals surface area contributed by atoms with Crippen LogP contribution in [0.1, 0.15) is 40.1 Å². The topological polar surface area (TPSA) is 82.1 Å². The largest absolute Gasteiger partial charge is 0.483 e. The molecule has 0 bridgehead atoms. The summed E-state index contributed by atoms with van der Waals surface area (Å²) in [6.07, 6.45) is 0.754. The quantitative estimate of drug-likeness (QED) is 0.585. The molecule has 2 aliphatic rings. The van der Waals surface area contributed by atoms with E-state index in [9.17, 15) is 14.4 Å². The Morgan fingerprint density at radius 2 is 1.75 bits per heavy atom. The van der Waals surface area contributed by atoms with E-state index in [0.29, 0.717) is 22.6 Å². The number of amides is 2. The third kappa shape index (κ3) is 3.19. The minimum Gasteiger partial charge on any atom is -0.483 e. The molecule has 0 radical (unpaired) electrons. The van der Waals surface area contributed by atoms with Crippen LogP contribution in [0.15, 0.2) is 42.5 Å². The zero-order valence-electron chi connectivity index (χ0n) is 15.6. The van der Waals surface area contributed by atoms with Gasteiger partial charge in [0.15, 0.2) is 24.8 Å². The summed E-state index contributed by atoms with van der Waals surface area (Å²) < 4.78 is 16.5. The number of esters is 1. The Labute approximate surface area is 161 Å². The molecule has 2 aliphatic heterocycles. The first-order valence-corrected chi connectivity index (χ1v) is 8.90. The molecule has 2 heterocycles. The van der Waals surface area contributed by atoms with Crippen molar-refractivity contribution in [2.24, 2.45) is 0 Å². The molecule has 0 saturated heterocycles. The molecule has 0 atom stereocenters. The van der Waals surface area contributed by atoms with E-state index in [4.69, 9.17) is 14.2 Å². The van der Waals surface area contributed by atoms with Crippen LogP contribution < -0.4 is 9.47 Å². The molecule has 0 aromatic heterocycles. The molecule has 28 heavy (non-hydrogen) atoms. The molecule has 2 amide bonds. The predicted molar refractivity (Wildman–Crippen MR) is 98.2 cm³/mol. The molecule has 2 aromatic carbocycles. The third-order valence-electron chi connectivity index (χ3n) is 4.63. The third-order valence-corrected chi connectivity index (χ3v) is 4.63. The summed E-state index contributed by atoms with van der Waals surface area (Å²) in [6.45, 7) is 3.15. The van der Waals surface area contributed by atoms with Crippen molar-refractivity contribution in [1.29, 1.82) is 0 Å². The fraction of sp³-hybridized carbons (Fsp3) is 0.286. The fourth-order valence-corrected chi connectivity index (χ4v) is 3.37. The van der Waals surface area contributed by atoms with Gasteiger partial charge >= 0.3 is 5.97 Å². The average Bonchev–Trinajstić information content (AvgIpc) is 3.11. The van der Waals surface area contributed by atoms with Gasteiger partial charge in [-0.25, -0.2) is 9.69 Å². The normalized spacial score (nSPS) is 16.4. The Bertz CT molecular complexity index is 946. The Hall–Kier alpha value is -3.35. The summed E-state index contributed by atoms with van der Waals surface area (Å²) in [5.74, 6) is -0.565. The van der Waals surface area contributed by atoms with Gasteiger partial charge < -0.3 is 14.2 Å². The van der Waals surface area contributed by atoms with Crippen LogP contribution in [-0.2, 0) is 16.0 Å². The van der Waals surface area contributed by atoms with E-state index in [-0.39, 0.29) is 12.2 Å². The van der Waals surface area contributed by atoms with Gasteiger partial charge in [0.25, 0.3) is 11.8 Å². The second-order valence-corrected chi connectivity index (χ2v) is 7.30. The minimum atomic E-state index is -0.689. The number of hydrogen-bond donors (Lipinski definition) is 0. The summed E-state index contributed by atoms with van der Waals surface area (Å²) in [5.41, 5.74) is 1.30. The zero-order valence-corrected chi connectivity index (χ0v) is 15.6. The van der Waals surface area contributed by atoms with Crippen molar-refractivity contribution in [3.8, 4) is 11.5 Å². The molecule has 0 unspecified atom stereocenters. The van der Waals surface area contributed by atoms with Crippen molar-refractivity contribution in [3.05, 3.63) is 59.2 Å². The maximum Gasteiger partial charge on any atom is 0.345 e. The first kappa shape index (κ1) is 18.0. The van der Waals surface area contributed by atoms with Gasteiger partial charge in [-0.3, -0.25) is 9.59 Å². The number of rotatable bonds is 5. The van der Waals surface area contributed by atoms with E-state index in [1.807, 2.05) is 26.0 Å². The molecule has 0 fully saturated rings. The van der Waals surface area contributed by atoms with E-state index in [1.165, 1.54) is 0 Å². The highest BCUT2D eigenvalue weighted by Crippen LogP contribution is 2.41. The number of hydrogen-bond acceptors (Lipinski definition) is 6. The predicted octanol–water partition coefficient (Wildman–Crippen LogP) is 2.58. The molecule has 0 N–H and O–H groups in total. The van der Waals surface area contributed by atoms with Crippen molar-refractivity contribution in [2.45, 2.75) is 25.9 Å². The first-order chi connectivity index (χ1) is 13.4. The summed E-state index contributed by atoms with van der Waals surface area (Å²) >= 11 is 0. The number of imide groups is 1. The number of ether oxygens (including phenoxy) is 3. The van der Waals surface area contributed by atoms with Crippen LogP contribution in [0.25, 0.3) is 0 Å². The number of carbonyl (C=O) groups is 3. The van der Waals surface area contributed by atoms with Gasteiger partial charge in [-0.2, -0.15) is 0 Å². The lowest BCUT2D eigenvalue weighted by molar-refractivity contribution is -0.148. The molecule has 2 aromatic rings. The highest BCUT2D eigenvalue weighted by molar-refractivity contribution is 6.21. The van der Waals surface area contributed by atoms with Crippen LogP contribution in [0.5, 0.6) is 11.5 Å². The maximum atomic E-state index is 12.3. The second-order valence-electron chi connectivity index (χ2n) is 7.30. The van der Waals surface area contributed by atoms with Crippen LogP contribution in [0, 0.1) is 0 Å². The summed E-state index contributed by atoms with van der Waals surface area (Å²) in [6, 6.07) is 12.0. The van der Waals surface area contributed by atoms with Crippen LogP contribution in [0.2, 0.25) is 0 Å². The summed E-state index contributed by atoms with van der Waals surface area (Å²) in [4.78, 5) is 37.5. The number of carbonyl (C=O) groups excluding carboxylic acids is 3. The fourth-order valence-electron chi connectivity index (χ4n) is 3.37. The van der Waals surface area contributed by atoms with Gasteiger partial charge in [-0.1, -0.05) is 24.3 Å². The van der Waals surface area contributed by atoms with Crippen LogP contribution in [0.3, 0.4) is 0 Å². The second kappa shape index (κ2) is 6.67. The maximum absolute atomic E-state index is 12.3. The molecule has 4 rings (SSSR count). The number of nitrogens with zero attached hydrogens (tertiary/aromatic N) is 1. The smallest absolute Gasteiger partial charge is 0.345 e. The van der Waals surface area contributed by atoms with Gasteiger partial charge in [0.2, 0.25) is 0 Å². The highest BCUT2D eigenvalue weighted by atomic mass is 16.6. The Morgan fingerprint density at radius 1 is 1.07 bits per heavy atom. The van der Waals surface area contributed by atoms with Gasteiger partial charge in [-0.05, 0) is 32.0 Å². The Balaban J connectivity index is 1.34. The SMILES string of the molecule is CC1(C)Cc2cccc(OCC(=O)OCN3C(=O)c4ccccc4C3=O)c2O1. The van der Waals surface area contributed by atoms with Crippen molar-refractivity contribution >= 4 is 17.8 Å². The van der Waals surface area contributed by atoms with Gasteiger partial charge in [-0.15, -0.1) is 0 Å². The van der Waals surface area contributed by atoms with Crippen molar-refractivity contribution < 1.29 is 28.6 Å². The molecule has 7 nitrogen and oxygen atoms in total. The summed E-state index contributed by atoms with van der Waals surface area (Å²) in [5, 5.41) is 0. The van der Waals surface area contributed by atoms with Crippen molar-refractivity contribution in [1.82, 2.24) is 4.90 Å². The van der Waals surface area contributed by atoms with Gasteiger partial charge in [0.05, 0.1) is 11.1 Å². The van der Waals surface area contributed by atoms with E-state index < -0.39 is 24.5 Å². The van der Waals surface area contributed by atoms with Gasteiger partial charge in [0, 0.05) is 12.0 Å². The first-order valence-electron chi connectivity index (χ1n) is 8.90. The lowest BCUT2D eigenvalue weighted by atomic mass is 10.0. The summed E-state index contributed by atoms with van der Waals surface area (Å²) in [7, 11) is 0. The lowest BCUT2D eigenvalue weighted by Gasteiger charge is -2.18. The molecular formula is C21H19NO6. The van der Waals surface area contributed by atoms with Gasteiger partial charge in [0.1, 0.15) is 5.60 Å². The van der Waals surface area contributed by atoms with E-state index in [0.717, 1.165) is 16.9 Å². The number of fused-ring (bicyclic) bond motifs is 2. The molecule has 0 aliphatic carbocycles. The molecule has 144 valence electrons. The average molecular weight is 381 g/mol. The van der Waals surface area contributed by atoms with E-state index in [2.05, 4.69) is 0 Å². The molecular weight excluding hydrogens is 362 g/mol. The Morgan fingerprint density at radius 3 is 2.43 bits per heavy atom. The van der Waals surface area contributed by atoms with Crippen molar-refractivity contribution in [2.75, 3.05) is 13.3 Å². The lowest BCUT2D eigenvalue weighted by Crippen LogP contribution is -2.34. The zero-order chi connectivity index (χ0) is 19.9. The van der Waals surface area contributed by atoms with Crippen LogP contribution in [-0.4, -0.2) is 41.6 Å². The van der Waals surface area contributed by atoms with Crippen LogP contribution >= 0.6 is 0 Å². The van der Waals surface area contributed by atoms with Crippen molar-refractivity contribution in [3.63, 3.8) is 0 Å². The molecule has 0 spiro atoms. The van der Waals surface area contributed by atoms with E-state index in [1.54, 1.807) is 30.3 Å². The van der Waals surface area contributed by atoms with E-state index >= 15 is 0 Å². The molecule has 7 heteroatoms. The number of benzene rings is 2.